The summed E-state index contributed by atoms with van der Waals surface area (Å²) in [5, 5.41) is 3.14. The predicted molar refractivity (Wildman–Crippen MR) is 61.8 cm³/mol. The molecular formula is C12H17F3N2. The molecule has 1 aromatic heterocycles. The van der Waals surface area contributed by atoms with Crippen molar-refractivity contribution in [3.05, 3.63) is 24.0 Å². The van der Waals surface area contributed by atoms with E-state index in [1.54, 1.807) is 0 Å². The van der Waals surface area contributed by atoms with Gasteiger partial charge in [0, 0.05) is 6.04 Å². The summed E-state index contributed by atoms with van der Waals surface area (Å²) in [4.78, 5) is 3.40. The van der Waals surface area contributed by atoms with Crippen LogP contribution in [-0.2, 0) is 6.18 Å². The van der Waals surface area contributed by atoms with Crippen molar-refractivity contribution in [1.29, 1.82) is 0 Å². The van der Waals surface area contributed by atoms with Crippen LogP contribution in [-0.4, -0.2) is 11.0 Å². The third-order valence-electron chi connectivity index (χ3n) is 2.95. The van der Waals surface area contributed by atoms with E-state index >= 15 is 0 Å². The molecule has 1 N–H and O–H groups in total. The quantitative estimate of drug-likeness (QED) is 0.870. The first-order valence-corrected chi connectivity index (χ1v) is 5.64. The van der Waals surface area contributed by atoms with Crippen LogP contribution in [0.4, 0.5) is 18.9 Å². The fourth-order valence-electron chi connectivity index (χ4n) is 1.41. The van der Waals surface area contributed by atoms with Crippen molar-refractivity contribution in [2.45, 2.75) is 39.4 Å². The lowest BCUT2D eigenvalue weighted by atomic mass is 10.0. The Hall–Kier alpha value is -1.26. The molecule has 0 fully saturated rings. The number of pyridine rings is 1. The average Bonchev–Trinajstić information content (AvgIpc) is 2.27. The summed E-state index contributed by atoms with van der Waals surface area (Å²) in [6, 6.07) is 2.61. The van der Waals surface area contributed by atoms with E-state index in [4.69, 9.17) is 0 Å². The first-order chi connectivity index (χ1) is 7.84. The summed E-state index contributed by atoms with van der Waals surface area (Å²) in [6.45, 7) is 6.18. The maximum atomic E-state index is 12.3. The molecule has 0 radical (unpaired) electrons. The highest BCUT2D eigenvalue weighted by molar-refractivity contribution is 5.42. The number of rotatable bonds is 4. The normalized spacial score (nSPS) is 15.4. The van der Waals surface area contributed by atoms with Crippen LogP contribution < -0.4 is 5.32 Å². The van der Waals surface area contributed by atoms with Gasteiger partial charge in [0.05, 0.1) is 11.9 Å². The topological polar surface area (TPSA) is 24.9 Å². The van der Waals surface area contributed by atoms with Crippen molar-refractivity contribution in [1.82, 2.24) is 4.98 Å². The van der Waals surface area contributed by atoms with Gasteiger partial charge >= 0.3 is 6.18 Å². The minimum atomic E-state index is -4.37. The first-order valence-electron chi connectivity index (χ1n) is 5.64. The summed E-state index contributed by atoms with van der Waals surface area (Å²) >= 11 is 0. The Balaban J connectivity index is 2.69. The minimum Gasteiger partial charge on any atom is -0.381 e. The molecule has 0 bridgehead atoms. The molecular weight excluding hydrogens is 229 g/mol. The number of anilines is 1. The third-order valence-corrected chi connectivity index (χ3v) is 2.95. The highest BCUT2D eigenvalue weighted by Gasteiger charge is 2.32. The smallest absolute Gasteiger partial charge is 0.381 e. The lowest BCUT2D eigenvalue weighted by molar-refractivity contribution is -0.141. The van der Waals surface area contributed by atoms with Crippen LogP contribution in [0, 0.1) is 5.92 Å². The minimum absolute atomic E-state index is 0.207. The van der Waals surface area contributed by atoms with Crippen LogP contribution in [0.25, 0.3) is 0 Å². The van der Waals surface area contributed by atoms with Crippen LogP contribution in [0.5, 0.6) is 0 Å². The highest BCUT2D eigenvalue weighted by Crippen LogP contribution is 2.28. The van der Waals surface area contributed by atoms with Crippen molar-refractivity contribution < 1.29 is 13.2 Å². The van der Waals surface area contributed by atoms with Crippen molar-refractivity contribution in [3.63, 3.8) is 0 Å². The summed E-state index contributed by atoms with van der Waals surface area (Å²) < 4.78 is 36.8. The Labute approximate surface area is 99.3 Å². The van der Waals surface area contributed by atoms with Crippen LogP contribution in [0.15, 0.2) is 18.3 Å². The van der Waals surface area contributed by atoms with Gasteiger partial charge in [-0.05, 0) is 25.0 Å². The lowest BCUT2D eigenvalue weighted by Gasteiger charge is -2.21. The number of hydrogen-bond donors (Lipinski definition) is 1. The van der Waals surface area contributed by atoms with E-state index in [1.165, 1.54) is 12.3 Å². The maximum Gasteiger partial charge on any atom is 0.433 e. The molecule has 1 heterocycles. The molecule has 2 atom stereocenters. The molecule has 0 spiro atoms. The van der Waals surface area contributed by atoms with E-state index in [-0.39, 0.29) is 6.04 Å². The van der Waals surface area contributed by atoms with E-state index in [0.717, 1.165) is 12.5 Å². The number of halogens is 3. The highest BCUT2D eigenvalue weighted by atomic mass is 19.4. The number of nitrogens with one attached hydrogen (secondary N) is 1. The lowest BCUT2D eigenvalue weighted by Crippen LogP contribution is -2.23. The maximum absolute atomic E-state index is 12.3. The van der Waals surface area contributed by atoms with E-state index in [0.29, 0.717) is 11.6 Å². The zero-order valence-corrected chi connectivity index (χ0v) is 10.2. The second-order valence-electron chi connectivity index (χ2n) is 4.25. The largest absolute Gasteiger partial charge is 0.433 e. The van der Waals surface area contributed by atoms with Gasteiger partial charge in [-0.15, -0.1) is 0 Å². The van der Waals surface area contributed by atoms with Gasteiger partial charge in [-0.1, -0.05) is 20.3 Å². The molecule has 2 unspecified atom stereocenters. The molecule has 0 aliphatic heterocycles. The van der Waals surface area contributed by atoms with E-state index in [1.807, 2.05) is 6.92 Å². The monoisotopic (exact) mass is 246 g/mol. The SMILES string of the molecule is CCC(C)C(C)Nc1ccc(C(F)(F)F)nc1. The predicted octanol–water partition coefficient (Wildman–Crippen LogP) is 3.95. The molecule has 1 rings (SSSR count). The Bertz CT molecular complexity index is 346. The van der Waals surface area contributed by atoms with E-state index in [9.17, 15) is 13.2 Å². The molecule has 0 aliphatic rings. The van der Waals surface area contributed by atoms with Gasteiger partial charge in [-0.25, -0.2) is 4.98 Å². The molecule has 5 heteroatoms. The number of aromatic nitrogens is 1. The number of nitrogens with zero attached hydrogens (tertiary/aromatic N) is 1. The Morgan fingerprint density at radius 3 is 2.35 bits per heavy atom. The van der Waals surface area contributed by atoms with E-state index in [2.05, 4.69) is 24.1 Å². The zero-order chi connectivity index (χ0) is 13.1. The summed E-state index contributed by atoms with van der Waals surface area (Å²) in [6.07, 6.45) is -2.13. The van der Waals surface area contributed by atoms with Gasteiger partial charge in [0.15, 0.2) is 0 Å². The number of alkyl halides is 3. The zero-order valence-electron chi connectivity index (χ0n) is 10.2. The number of hydrogen-bond acceptors (Lipinski definition) is 2. The average molecular weight is 246 g/mol. The first kappa shape index (κ1) is 13.8. The summed E-state index contributed by atoms with van der Waals surface area (Å²) in [5.41, 5.74) is -0.245. The van der Waals surface area contributed by atoms with Gasteiger partial charge in [-0.2, -0.15) is 13.2 Å². The standard InChI is InChI=1S/C12H17F3N2/c1-4-8(2)9(3)17-10-5-6-11(16-7-10)12(13,14)15/h5-9,17H,4H2,1-3H3. The Morgan fingerprint density at radius 1 is 1.29 bits per heavy atom. The van der Waals surface area contributed by atoms with Gasteiger partial charge in [0.25, 0.3) is 0 Å². The van der Waals surface area contributed by atoms with Crippen LogP contribution in [0.2, 0.25) is 0 Å². The third kappa shape index (κ3) is 3.91. The summed E-state index contributed by atoms with van der Waals surface area (Å²) in [7, 11) is 0. The van der Waals surface area contributed by atoms with Crippen molar-refractivity contribution in [3.8, 4) is 0 Å². The molecule has 0 saturated heterocycles. The second-order valence-corrected chi connectivity index (χ2v) is 4.25. The van der Waals surface area contributed by atoms with Gasteiger partial charge in [0.1, 0.15) is 5.69 Å². The molecule has 0 aliphatic carbocycles. The molecule has 0 aromatic carbocycles. The Kier molecular flexibility index (Phi) is 4.37. The Morgan fingerprint density at radius 2 is 1.94 bits per heavy atom. The van der Waals surface area contributed by atoms with Crippen molar-refractivity contribution >= 4 is 5.69 Å². The van der Waals surface area contributed by atoms with E-state index < -0.39 is 11.9 Å². The van der Waals surface area contributed by atoms with Crippen LogP contribution in [0.3, 0.4) is 0 Å². The molecule has 0 saturated carbocycles. The fourth-order valence-corrected chi connectivity index (χ4v) is 1.41. The van der Waals surface area contributed by atoms with Gasteiger partial charge in [0.2, 0.25) is 0 Å². The van der Waals surface area contributed by atoms with Crippen molar-refractivity contribution in [2.75, 3.05) is 5.32 Å². The molecule has 0 amide bonds. The second kappa shape index (κ2) is 5.38. The molecule has 17 heavy (non-hydrogen) atoms. The molecule has 96 valence electrons. The van der Waals surface area contributed by atoms with Crippen molar-refractivity contribution in [2.24, 2.45) is 5.92 Å². The summed E-state index contributed by atoms with van der Waals surface area (Å²) in [5.74, 6) is 0.456. The fraction of sp³-hybridized carbons (Fsp3) is 0.583. The molecule has 2 nitrogen and oxygen atoms in total. The van der Waals surface area contributed by atoms with Crippen LogP contribution in [0.1, 0.15) is 32.9 Å². The van der Waals surface area contributed by atoms with Gasteiger partial charge in [-0.3, -0.25) is 0 Å². The van der Waals surface area contributed by atoms with Gasteiger partial charge < -0.3 is 5.32 Å². The van der Waals surface area contributed by atoms with Crippen LogP contribution >= 0.6 is 0 Å². The molecule has 1 aromatic rings.